The monoisotopic (exact) mass is 310 g/mol. The van der Waals surface area contributed by atoms with Gasteiger partial charge in [0.15, 0.2) is 0 Å². The van der Waals surface area contributed by atoms with Crippen molar-refractivity contribution in [3.63, 3.8) is 0 Å². The van der Waals surface area contributed by atoms with Gasteiger partial charge in [-0.05, 0) is 15.4 Å². The van der Waals surface area contributed by atoms with Crippen molar-refractivity contribution in [1.29, 1.82) is 0 Å². The highest BCUT2D eigenvalue weighted by Gasteiger charge is 2.52. The van der Waals surface area contributed by atoms with Gasteiger partial charge < -0.3 is 4.43 Å². The Labute approximate surface area is 133 Å². The zero-order valence-electron chi connectivity index (χ0n) is 13.4. The van der Waals surface area contributed by atoms with Crippen molar-refractivity contribution >= 4 is 24.7 Å². The van der Waals surface area contributed by atoms with Crippen LogP contribution in [-0.4, -0.2) is 14.3 Å². The number of carbonyl (C=O) groups excluding carboxylic acids is 1. The van der Waals surface area contributed by atoms with Crippen LogP contribution in [-0.2, 0) is 9.22 Å². The van der Waals surface area contributed by atoms with Gasteiger partial charge in [0, 0.05) is 6.08 Å². The SMILES string of the molecule is C=CC(=O)O[Si](c1ccccc1)(c1ccccc1)C(C)(C)C. The fourth-order valence-corrected chi connectivity index (χ4v) is 7.16. The first-order valence-electron chi connectivity index (χ1n) is 7.38. The van der Waals surface area contributed by atoms with Crippen LogP contribution in [0, 0.1) is 0 Å². The molecule has 0 saturated carbocycles. The summed E-state index contributed by atoms with van der Waals surface area (Å²) >= 11 is 0. The predicted molar refractivity (Wildman–Crippen MR) is 93.9 cm³/mol. The highest BCUT2D eigenvalue weighted by atomic mass is 28.4. The fraction of sp³-hybridized carbons (Fsp3) is 0.211. The molecular weight excluding hydrogens is 288 g/mol. The van der Waals surface area contributed by atoms with Crippen LogP contribution in [0.5, 0.6) is 0 Å². The molecule has 3 heteroatoms. The van der Waals surface area contributed by atoms with Gasteiger partial charge in [-0.3, -0.25) is 0 Å². The summed E-state index contributed by atoms with van der Waals surface area (Å²) in [6, 6.07) is 20.2. The van der Waals surface area contributed by atoms with E-state index in [1.165, 1.54) is 6.08 Å². The minimum absolute atomic E-state index is 0.200. The molecule has 2 aromatic carbocycles. The third-order valence-corrected chi connectivity index (χ3v) is 8.75. The maximum absolute atomic E-state index is 12.1. The van der Waals surface area contributed by atoms with E-state index in [0.29, 0.717) is 0 Å². The first-order chi connectivity index (χ1) is 10.4. The van der Waals surface area contributed by atoms with Gasteiger partial charge in [0.05, 0.1) is 0 Å². The molecule has 2 rings (SSSR count). The molecule has 22 heavy (non-hydrogen) atoms. The molecular formula is C19H22O2Si. The van der Waals surface area contributed by atoms with Crippen molar-refractivity contribution in [3.8, 4) is 0 Å². The molecule has 2 nitrogen and oxygen atoms in total. The van der Waals surface area contributed by atoms with Gasteiger partial charge in [-0.25, -0.2) is 4.79 Å². The maximum atomic E-state index is 12.1. The molecule has 0 spiro atoms. The molecule has 0 N–H and O–H groups in total. The molecule has 0 saturated heterocycles. The largest absolute Gasteiger partial charge is 0.507 e. The maximum Gasteiger partial charge on any atom is 0.324 e. The van der Waals surface area contributed by atoms with Crippen LogP contribution in [0.3, 0.4) is 0 Å². The van der Waals surface area contributed by atoms with Crippen LogP contribution in [0.25, 0.3) is 0 Å². The third kappa shape index (κ3) is 2.90. The van der Waals surface area contributed by atoms with E-state index in [1.807, 2.05) is 36.4 Å². The Bertz CT molecular complexity index is 603. The zero-order chi connectivity index (χ0) is 16.2. The van der Waals surface area contributed by atoms with Crippen molar-refractivity contribution in [2.45, 2.75) is 25.8 Å². The molecule has 0 aromatic heterocycles. The third-order valence-electron chi connectivity index (χ3n) is 3.84. The lowest BCUT2D eigenvalue weighted by atomic mass is 10.2. The highest BCUT2D eigenvalue weighted by molar-refractivity contribution is 7.00. The average molecular weight is 310 g/mol. The Morgan fingerprint density at radius 1 is 0.955 bits per heavy atom. The first kappa shape index (κ1) is 16.2. The molecule has 0 unspecified atom stereocenters. The lowest BCUT2D eigenvalue weighted by Crippen LogP contribution is -2.67. The second-order valence-electron chi connectivity index (χ2n) is 6.29. The zero-order valence-corrected chi connectivity index (χ0v) is 14.4. The molecule has 0 atom stereocenters. The van der Waals surface area contributed by atoms with Crippen LogP contribution in [0.15, 0.2) is 73.3 Å². The van der Waals surface area contributed by atoms with Gasteiger partial charge in [0.2, 0.25) is 0 Å². The van der Waals surface area contributed by atoms with E-state index in [0.717, 1.165) is 10.4 Å². The molecule has 0 bridgehead atoms. The van der Waals surface area contributed by atoms with Gasteiger partial charge in [0.25, 0.3) is 0 Å². The Balaban J connectivity index is 2.75. The molecule has 0 radical (unpaired) electrons. The van der Waals surface area contributed by atoms with E-state index < -0.39 is 8.32 Å². The van der Waals surface area contributed by atoms with Crippen LogP contribution in [0.4, 0.5) is 0 Å². The number of carbonyl (C=O) groups is 1. The predicted octanol–water partition coefficient (Wildman–Crippen LogP) is 3.28. The van der Waals surface area contributed by atoms with E-state index in [2.05, 4.69) is 51.6 Å². The molecule has 0 heterocycles. The van der Waals surface area contributed by atoms with E-state index in [4.69, 9.17) is 4.43 Å². The van der Waals surface area contributed by atoms with Gasteiger partial charge >= 0.3 is 14.3 Å². The molecule has 0 fully saturated rings. The molecule has 0 aliphatic rings. The number of hydrogen-bond acceptors (Lipinski definition) is 2. The van der Waals surface area contributed by atoms with Gasteiger partial charge in [0.1, 0.15) is 0 Å². The van der Waals surface area contributed by atoms with Crippen LogP contribution >= 0.6 is 0 Å². The molecule has 0 amide bonds. The lowest BCUT2D eigenvalue weighted by molar-refractivity contribution is -0.129. The Morgan fingerprint density at radius 3 is 1.68 bits per heavy atom. The van der Waals surface area contributed by atoms with Crippen molar-refractivity contribution in [2.24, 2.45) is 0 Å². The Morgan fingerprint density at radius 2 is 1.36 bits per heavy atom. The number of benzene rings is 2. The van der Waals surface area contributed by atoms with Crippen LogP contribution < -0.4 is 10.4 Å². The normalized spacial score (nSPS) is 11.8. The van der Waals surface area contributed by atoms with E-state index in [-0.39, 0.29) is 11.0 Å². The first-order valence-corrected chi connectivity index (χ1v) is 9.29. The second-order valence-corrected chi connectivity index (χ2v) is 10.5. The summed E-state index contributed by atoms with van der Waals surface area (Å²) in [5, 5.41) is 1.97. The summed E-state index contributed by atoms with van der Waals surface area (Å²) in [5.41, 5.74) is 0. The fourth-order valence-electron chi connectivity index (χ4n) is 2.84. The molecule has 2 aromatic rings. The second kappa shape index (κ2) is 6.32. The summed E-state index contributed by atoms with van der Waals surface area (Å²) in [7, 11) is -2.75. The smallest absolute Gasteiger partial charge is 0.324 e. The number of hydrogen-bond donors (Lipinski definition) is 0. The minimum Gasteiger partial charge on any atom is -0.507 e. The van der Waals surface area contributed by atoms with Crippen molar-refractivity contribution in [2.75, 3.05) is 0 Å². The van der Waals surface area contributed by atoms with Crippen molar-refractivity contribution in [3.05, 3.63) is 73.3 Å². The highest BCUT2D eigenvalue weighted by Crippen LogP contribution is 2.36. The Hall–Kier alpha value is -2.13. The van der Waals surface area contributed by atoms with Crippen molar-refractivity contribution < 1.29 is 9.22 Å². The number of rotatable bonds is 4. The van der Waals surface area contributed by atoms with Crippen LogP contribution in [0.1, 0.15) is 20.8 Å². The summed E-state index contributed by atoms with van der Waals surface area (Å²) < 4.78 is 6.11. The quantitative estimate of drug-likeness (QED) is 0.640. The topological polar surface area (TPSA) is 26.3 Å². The van der Waals surface area contributed by atoms with Gasteiger partial charge in [-0.2, -0.15) is 0 Å². The summed E-state index contributed by atoms with van der Waals surface area (Å²) in [5.74, 6) is -0.366. The summed E-state index contributed by atoms with van der Waals surface area (Å²) in [6.45, 7) is 9.97. The minimum atomic E-state index is -2.75. The standard InChI is InChI=1S/C19H22O2Si/c1-5-18(20)21-22(19(2,3)4,16-12-8-6-9-13-16)17-14-10-7-11-15-17/h5-15H,1H2,2-4H3. The van der Waals surface area contributed by atoms with Crippen molar-refractivity contribution in [1.82, 2.24) is 0 Å². The van der Waals surface area contributed by atoms with Gasteiger partial charge in [-0.15, -0.1) is 0 Å². The summed E-state index contributed by atoms with van der Waals surface area (Å²) in [4.78, 5) is 12.1. The molecule has 114 valence electrons. The van der Waals surface area contributed by atoms with E-state index in [9.17, 15) is 4.79 Å². The average Bonchev–Trinajstić information content (AvgIpc) is 2.52. The van der Waals surface area contributed by atoms with E-state index >= 15 is 0 Å². The summed E-state index contributed by atoms with van der Waals surface area (Å²) in [6.07, 6.45) is 1.25. The molecule has 0 aliphatic carbocycles. The van der Waals surface area contributed by atoms with E-state index in [1.54, 1.807) is 0 Å². The van der Waals surface area contributed by atoms with Crippen LogP contribution in [0.2, 0.25) is 5.04 Å². The van der Waals surface area contributed by atoms with Gasteiger partial charge in [-0.1, -0.05) is 88.0 Å². The Kier molecular flexibility index (Phi) is 4.67. The lowest BCUT2D eigenvalue weighted by Gasteiger charge is -2.41. The molecule has 0 aliphatic heterocycles.